The summed E-state index contributed by atoms with van der Waals surface area (Å²) in [6.07, 6.45) is 6.93. The lowest BCUT2D eigenvalue weighted by molar-refractivity contribution is 0.0692. The molecule has 0 N–H and O–H groups in total. The Balaban J connectivity index is 1.77. The summed E-state index contributed by atoms with van der Waals surface area (Å²) in [6, 6.07) is 3.94. The van der Waals surface area contributed by atoms with Gasteiger partial charge in [-0.05, 0) is 56.9 Å². The minimum absolute atomic E-state index is 0.0236. The maximum absolute atomic E-state index is 14.4. The zero-order chi connectivity index (χ0) is 23.8. The number of aromatic nitrogens is 1. The van der Waals surface area contributed by atoms with E-state index < -0.39 is 10.0 Å². The van der Waals surface area contributed by atoms with Crippen LogP contribution in [0.2, 0.25) is 0 Å². The molecule has 4 rings (SSSR count). The van der Waals surface area contributed by atoms with E-state index in [1.54, 1.807) is 15.6 Å². The molecule has 1 saturated heterocycles. The Kier molecular flexibility index (Phi) is 7.36. The van der Waals surface area contributed by atoms with Crippen LogP contribution in [0, 0.1) is 19.8 Å². The van der Waals surface area contributed by atoms with Gasteiger partial charge < -0.3 is 9.47 Å². The molecule has 2 aliphatic rings. The Morgan fingerprint density at radius 1 is 1.09 bits per heavy atom. The molecular weight excluding hydrogens is 454 g/mol. The zero-order valence-electron chi connectivity index (χ0n) is 20.3. The molecule has 1 saturated carbocycles. The fourth-order valence-electron chi connectivity index (χ4n) is 5.31. The Bertz CT molecular complexity index is 1070. The Morgan fingerprint density at radius 2 is 1.76 bits per heavy atom. The predicted molar refractivity (Wildman–Crippen MR) is 133 cm³/mol. The van der Waals surface area contributed by atoms with Crippen molar-refractivity contribution in [2.45, 2.75) is 83.2 Å². The smallest absolute Gasteiger partial charge is 0.257 e. The van der Waals surface area contributed by atoms with Crippen molar-refractivity contribution < 1.29 is 13.2 Å². The number of thiophene rings is 1. The number of rotatable bonds is 6. The molecule has 3 heterocycles. The molecular formula is C25H37N3O3S2. The van der Waals surface area contributed by atoms with Gasteiger partial charge in [0, 0.05) is 49.0 Å². The molecule has 1 amide bonds. The van der Waals surface area contributed by atoms with Crippen molar-refractivity contribution in [2.75, 3.05) is 13.1 Å². The van der Waals surface area contributed by atoms with Gasteiger partial charge in [0.05, 0.1) is 5.56 Å². The molecule has 0 spiro atoms. The molecule has 6 nitrogen and oxygen atoms in total. The number of carbonyl (C=O) groups excluding carboxylic acids is 1. The summed E-state index contributed by atoms with van der Waals surface area (Å²) in [4.78, 5) is 16.8. The van der Waals surface area contributed by atoms with E-state index >= 15 is 0 Å². The van der Waals surface area contributed by atoms with E-state index in [9.17, 15) is 13.2 Å². The second-order valence-electron chi connectivity index (χ2n) is 9.83. The van der Waals surface area contributed by atoms with E-state index in [1.165, 1.54) is 0 Å². The molecule has 2 aromatic rings. The van der Waals surface area contributed by atoms with E-state index in [0.29, 0.717) is 36.8 Å². The van der Waals surface area contributed by atoms with E-state index in [4.69, 9.17) is 0 Å². The summed E-state index contributed by atoms with van der Waals surface area (Å²) in [5.41, 5.74) is 1.75. The van der Waals surface area contributed by atoms with Crippen molar-refractivity contribution in [1.82, 2.24) is 13.8 Å². The van der Waals surface area contributed by atoms with E-state index in [0.717, 1.165) is 55.5 Å². The van der Waals surface area contributed by atoms with Crippen LogP contribution in [0.5, 0.6) is 0 Å². The van der Waals surface area contributed by atoms with Crippen molar-refractivity contribution in [3.8, 4) is 0 Å². The standard InChI is InChI=1S/C25H37N3O3S2/c1-18-12-14-27(15-13-18)25(29)23-19(2)26(4)20(3)24(23)33(30,31)28(17-22-11-8-16-32-22)21-9-6-5-7-10-21/h8,11,16,18,21H,5-7,9-10,12-15,17H2,1-4H3. The van der Waals surface area contributed by atoms with Crippen molar-refractivity contribution in [3.63, 3.8) is 0 Å². The molecule has 8 heteroatoms. The van der Waals surface area contributed by atoms with Crippen LogP contribution in [0.15, 0.2) is 22.4 Å². The highest BCUT2D eigenvalue weighted by atomic mass is 32.2. The van der Waals surface area contributed by atoms with Gasteiger partial charge in [-0.1, -0.05) is 32.3 Å². The topological polar surface area (TPSA) is 62.6 Å². The average molecular weight is 492 g/mol. The molecule has 0 atom stereocenters. The first-order valence-corrected chi connectivity index (χ1v) is 14.5. The van der Waals surface area contributed by atoms with E-state index in [-0.39, 0.29) is 16.8 Å². The number of nitrogens with zero attached hydrogens (tertiary/aromatic N) is 3. The Labute approximate surface area is 202 Å². The maximum atomic E-state index is 14.4. The van der Waals surface area contributed by atoms with Crippen LogP contribution in [0.3, 0.4) is 0 Å². The fraction of sp³-hybridized carbons (Fsp3) is 0.640. The van der Waals surface area contributed by atoms with Crippen molar-refractivity contribution in [2.24, 2.45) is 13.0 Å². The van der Waals surface area contributed by atoms with Gasteiger partial charge >= 0.3 is 0 Å². The SMILES string of the molecule is Cc1c(C(=O)N2CCC(C)CC2)c(S(=O)(=O)N(Cc2cccs2)C2CCCCC2)c(C)n1C. The summed E-state index contributed by atoms with van der Waals surface area (Å²) >= 11 is 1.59. The first-order valence-electron chi connectivity index (χ1n) is 12.2. The lowest BCUT2D eigenvalue weighted by Gasteiger charge is -2.34. The van der Waals surface area contributed by atoms with Gasteiger partial charge in [0.2, 0.25) is 10.0 Å². The molecule has 2 aromatic heterocycles. The number of sulfonamides is 1. The third kappa shape index (κ3) is 4.80. The number of hydrogen-bond donors (Lipinski definition) is 0. The normalized spacial score (nSPS) is 18.9. The lowest BCUT2D eigenvalue weighted by atomic mass is 9.95. The third-order valence-electron chi connectivity index (χ3n) is 7.65. The van der Waals surface area contributed by atoms with Crippen LogP contribution < -0.4 is 0 Å². The van der Waals surface area contributed by atoms with Gasteiger partial charge in [0.25, 0.3) is 5.91 Å². The van der Waals surface area contributed by atoms with Gasteiger partial charge in [0.1, 0.15) is 4.90 Å². The summed E-state index contributed by atoms with van der Waals surface area (Å²) < 4.78 is 32.3. The van der Waals surface area contributed by atoms with Crippen LogP contribution >= 0.6 is 11.3 Å². The minimum Gasteiger partial charge on any atom is -0.350 e. The van der Waals surface area contributed by atoms with Crippen LogP contribution in [0.25, 0.3) is 0 Å². The second-order valence-corrected chi connectivity index (χ2v) is 12.7. The summed E-state index contributed by atoms with van der Waals surface area (Å²) in [7, 11) is -2.00. The number of piperidine rings is 1. The largest absolute Gasteiger partial charge is 0.350 e. The molecule has 0 aromatic carbocycles. The van der Waals surface area contributed by atoms with Gasteiger partial charge in [0.15, 0.2) is 0 Å². The third-order valence-corrected chi connectivity index (χ3v) is 10.6. The highest BCUT2D eigenvalue weighted by Gasteiger charge is 2.40. The molecule has 1 aliphatic heterocycles. The van der Waals surface area contributed by atoms with Crippen LogP contribution in [-0.2, 0) is 23.6 Å². The van der Waals surface area contributed by atoms with Crippen LogP contribution in [0.1, 0.15) is 78.5 Å². The highest BCUT2D eigenvalue weighted by molar-refractivity contribution is 7.89. The quantitative estimate of drug-likeness (QED) is 0.565. The first-order chi connectivity index (χ1) is 15.7. The minimum atomic E-state index is -3.86. The van der Waals surface area contributed by atoms with Crippen molar-refractivity contribution >= 4 is 27.3 Å². The monoisotopic (exact) mass is 491 g/mol. The average Bonchev–Trinajstić information content (AvgIpc) is 3.40. The fourth-order valence-corrected chi connectivity index (χ4v) is 8.24. The molecule has 33 heavy (non-hydrogen) atoms. The van der Waals surface area contributed by atoms with E-state index in [2.05, 4.69) is 6.92 Å². The summed E-state index contributed by atoms with van der Waals surface area (Å²) in [5, 5.41) is 1.99. The van der Waals surface area contributed by atoms with Gasteiger partial charge in [-0.2, -0.15) is 4.31 Å². The predicted octanol–water partition coefficient (Wildman–Crippen LogP) is 5.10. The molecule has 1 aliphatic carbocycles. The van der Waals surface area contributed by atoms with Gasteiger partial charge in [-0.15, -0.1) is 11.3 Å². The number of likely N-dealkylation sites (tertiary alicyclic amines) is 1. The lowest BCUT2D eigenvalue weighted by Crippen LogP contribution is -2.42. The molecule has 182 valence electrons. The van der Waals surface area contributed by atoms with Crippen molar-refractivity contribution in [1.29, 1.82) is 0 Å². The molecule has 0 bridgehead atoms. The summed E-state index contributed by atoms with van der Waals surface area (Å²) in [6.45, 7) is 7.66. The number of hydrogen-bond acceptors (Lipinski definition) is 4. The van der Waals surface area contributed by atoms with Crippen molar-refractivity contribution in [3.05, 3.63) is 39.3 Å². The number of amides is 1. The zero-order valence-corrected chi connectivity index (χ0v) is 22.0. The highest BCUT2D eigenvalue weighted by Crippen LogP contribution is 2.35. The van der Waals surface area contributed by atoms with Crippen LogP contribution in [-0.4, -0.2) is 47.2 Å². The van der Waals surface area contributed by atoms with E-state index in [1.807, 2.05) is 47.9 Å². The molecule has 2 fully saturated rings. The van der Waals surface area contributed by atoms with Gasteiger partial charge in [-0.3, -0.25) is 4.79 Å². The molecule has 0 unspecified atom stereocenters. The number of carbonyl (C=O) groups is 1. The second kappa shape index (κ2) is 9.92. The Morgan fingerprint density at radius 3 is 2.36 bits per heavy atom. The van der Waals surface area contributed by atoms with Gasteiger partial charge in [-0.25, -0.2) is 8.42 Å². The van der Waals surface area contributed by atoms with Crippen LogP contribution in [0.4, 0.5) is 0 Å². The summed E-state index contributed by atoms with van der Waals surface area (Å²) in [5.74, 6) is 0.463. The molecule has 0 radical (unpaired) electrons. The first kappa shape index (κ1) is 24.5. The maximum Gasteiger partial charge on any atom is 0.257 e. The Hall–Kier alpha value is -1.64.